The SMILES string of the molecule is C.Cc1cc([C@H](C)c2ccccc2)c(N=CC=Nc2c([C@H](C)c3ccccc3)cc(C)cc2[C@H](C)c2ccccc2)c([C@H](C)c2ccccc2)c1.Cc1cc([C@H](C)c2ccccc2)c(NCCNc2c([C@H](C)c3ccccc3)cc(C)cc2[C@H](C)c2ccccc2)c([C@H](C)c2ccccc2)c1. The van der Waals surface area contributed by atoms with Crippen molar-refractivity contribution in [1.29, 1.82) is 0 Å². The van der Waals surface area contributed by atoms with Gasteiger partial charge in [0.05, 0.1) is 11.4 Å². The van der Waals surface area contributed by atoms with Crippen molar-refractivity contribution >= 4 is 35.2 Å². The molecule has 2 N–H and O–H groups in total. The topological polar surface area (TPSA) is 48.8 Å². The van der Waals surface area contributed by atoms with Crippen molar-refractivity contribution in [1.82, 2.24) is 0 Å². The van der Waals surface area contributed by atoms with Crippen LogP contribution in [0.15, 0.2) is 301 Å². The first-order valence-corrected chi connectivity index (χ1v) is 36.1. The molecular formula is C97H104N4. The highest BCUT2D eigenvalue weighted by atomic mass is 15.0. The van der Waals surface area contributed by atoms with Crippen LogP contribution in [0.4, 0.5) is 22.7 Å². The Kier molecular flexibility index (Phi) is 25.4. The quantitative estimate of drug-likeness (QED) is 0.0468. The van der Waals surface area contributed by atoms with Gasteiger partial charge in [-0.3, -0.25) is 9.98 Å². The average molecular weight is 1330 g/mol. The Morgan fingerprint density at radius 2 is 0.386 bits per heavy atom. The molecule has 0 bridgehead atoms. The van der Waals surface area contributed by atoms with Crippen molar-refractivity contribution < 1.29 is 0 Å². The molecule has 0 radical (unpaired) electrons. The number of aryl methyl sites for hydroxylation is 4. The maximum Gasteiger partial charge on any atom is 0.0706 e. The second-order valence-corrected chi connectivity index (χ2v) is 27.7. The molecule has 0 amide bonds. The van der Waals surface area contributed by atoms with E-state index >= 15 is 0 Å². The molecule has 0 saturated carbocycles. The number of hydrogen-bond acceptors (Lipinski definition) is 4. The van der Waals surface area contributed by atoms with Crippen LogP contribution in [0.5, 0.6) is 0 Å². The number of nitrogens with one attached hydrogen (secondary N) is 2. The van der Waals surface area contributed by atoms with Crippen molar-refractivity contribution in [2.24, 2.45) is 9.98 Å². The minimum absolute atomic E-state index is 0. The molecule has 4 heteroatoms. The Morgan fingerprint density at radius 1 is 0.238 bits per heavy atom. The summed E-state index contributed by atoms with van der Waals surface area (Å²) in [7, 11) is 0. The van der Waals surface area contributed by atoms with E-state index in [2.05, 4.69) is 385 Å². The van der Waals surface area contributed by atoms with Crippen LogP contribution in [-0.2, 0) is 0 Å². The van der Waals surface area contributed by atoms with Crippen LogP contribution < -0.4 is 10.6 Å². The fraction of sp³-hybridized carbons (Fsp3) is 0.237. The largest absolute Gasteiger partial charge is 0.383 e. The number of aliphatic imine (C=N–C) groups is 2. The maximum absolute atomic E-state index is 5.26. The minimum Gasteiger partial charge on any atom is -0.383 e. The number of benzene rings is 12. The smallest absolute Gasteiger partial charge is 0.0706 e. The molecule has 12 rings (SSSR count). The molecule has 0 fully saturated rings. The highest BCUT2D eigenvalue weighted by Crippen LogP contribution is 2.45. The summed E-state index contributed by atoms with van der Waals surface area (Å²) in [6.07, 6.45) is 3.81. The summed E-state index contributed by atoms with van der Waals surface area (Å²) in [5, 5.41) is 7.98. The minimum atomic E-state index is 0. The zero-order chi connectivity index (χ0) is 70.1. The third kappa shape index (κ3) is 18.0. The van der Waals surface area contributed by atoms with Gasteiger partial charge in [-0.25, -0.2) is 0 Å². The number of rotatable bonds is 24. The van der Waals surface area contributed by atoms with E-state index in [4.69, 9.17) is 9.98 Å². The third-order valence-corrected chi connectivity index (χ3v) is 20.6. The van der Waals surface area contributed by atoms with Gasteiger partial charge in [0.15, 0.2) is 0 Å². The molecular weight excluding hydrogens is 1220 g/mol. The lowest BCUT2D eigenvalue weighted by atomic mass is 9.84. The molecule has 0 aliphatic heterocycles. The molecule has 12 aromatic carbocycles. The van der Waals surface area contributed by atoms with Gasteiger partial charge in [0.25, 0.3) is 0 Å². The Labute approximate surface area is 605 Å². The van der Waals surface area contributed by atoms with Crippen molar-refractivity contribution in [3.8, 4) is 0 Å². The van der Waals surface area contributed by atoms with E-state index in [0.717, 1.165) is 24.5 Å². The molecule has 0 aliphatic rings. The zero-order valence-electron chi connectivity index (χ0n) is 60.8. The van der Waals surface area contributed by atoms with Crippen molar-refractivity contribution in [2.75, 3.05) is 23.7 Å². The lowest BCUT2D eigenvalue weighted by Gasteiger charge is -2.27. The summed E-state index contributed by atoms with van der Waals surface area (Å²) in [5.41, 5.74) is 30.4. The first kappa shape index (κ1) is 73.3. The molecule has 0 aliphatic carbocycles. The summed E-state index contributed by atoms with van der Waals surface area (Å²) in [6, 6.07) is 105. The molecule has 8 atom stereocenters. The standard InChI is InChI=1S/C48H52N2.C48H48N2.CH4/c2*1-33-29-43(35(3)39-19-11-7-12-20-39)47(44(30-33)36(4)40-21-13-8-14-22-40)49-27-28-50-48-45(37(5)41-23-15-9-16-24-41)31-34(2)32-46(48)38(6)42-25-17-10-18-26-42;/h7-26,29-32,35-38,49-50H,27-28H2,1-6H3;7-32,35-38H,1-6H3;1H4/t2*35-,36-,37-,38-;/m11./s1. The van der Waals surface area contributed by atoms with Gasteiger partial charge in [-0.15, -0.1) is 0 Å². The third-order valence-electron chi connectivity index (χ3n) is 20.6. The number of hydrogen-bond donors (Lipinski definition) is 2. The van der Waals surface area contributed by atoms with E-state index < -0.39 is 0 Å². The first-order chi connectivity index (χ1) is 48.6. The number of nitrogens with zero attached hydrogens (tertiary/aromatic N) is 2. The lowest BCUT2D eigenvalue weighted by Crippen LogP contribution is -2.19. The second-order valence-electron chi connectivity index (χ2n) is 27.7. The van der Waals surface area contributed by atoms with Crippen molar-refractivity contribution in [3.05, 3.63) is 402 Å². The Bertz CT molecular complexity index is 4060. The van der Waals surface area contributed by atoms with Crippen LogP contribution in [0.3, 0.4) is 0 Å². The Balaban J connectivity index is 0.000000216. The van der Waals surface area contributed by atoms with Crippen LogP contribution in [-0.4, -0.2) is 25.5 Å². The summed E-state index contributed by atoms with van der Waals surface area (Å²) >= 11 is 0. The molecule has 0 spiro atoms. The van der Waals surface area contributed by atoms with Gasteiger partial charge in [-0.05, 0) is 117 Å². The molecule has 0 aromatic heterocycles. The molecule has 12 aromatic rings. The predicted molar refractivity (Wildman–Crippen MR) is 436 cm³/mol. The molecule has 101 heavy (non-hydrogen) atoms. The van der Waals surface area contributed by atoms with E-state index in [1.54, 1.807) is 0 Å². The number of anilines is 2. The predicted octanol–water partition coefficient (Wildman–Crippen LogP) is 26.1. The zero-order valence-corrected chi connectivity index (χ0v) is 60.8. The van der Waals surface area contributed by atoms with Gasteiger partial charge >= 0.3 is 0 Å². The van der Waals surface area contributed by atoms with Crippen molar-refractivity contribution in [2.45, 2.75) is 138 Å². The fourth-order valence-electron chi connectivity index (χ4n) is 14.7. The summed E-state index contributed by atoms with van der Waals surface area (Å²) < 4.78 is 0. The average Bonchev–Trinajstić information content (AvgIpc) is 0.806. The van der Waals surface area contributed by atoms with Crippen LogP contribution in [0.1, 0.15) is 221 Å². The van der Waals surface area contributed by atoms with Gasteiger partial charge in [-0.1, -0.05) is 376 Å². The maximum atomic E-state index is 5.26. The summed E-state index contributed by atoms with van der Waals surface area (Å²) in [4.78, 5) is 10.5. The van der Waals surface area contributed by atoms with Crippen LogP contribution in [0.25, 0.3) is 0 Å². The van der Waals surface area contributed by atoms with Gasteiger partial charge in [0.1, 0.15) is 0 Å². The highest BCUT2D eigenvalue weighted by molar-refractivity contribution is 6.17. The Morgan fingerprint density at radius 3 is 0.554 bits per heavy atom. The van der Waals surface area contributed by atoms with Gasteiger partial charge in [-0.2, -0.15) is 0 Å². The highest BCUT2D eigenvalue weighted by Gasteiger charge is 2.26. The molecule has 4 nitrogen and oxygen atoms in total. The van der Waals surface area contributed by atoms with Crippen LogP contribution >= 0.6 is 0 Å². The first-order valence-electron chi connectivity index (χ1n) is 36.1. The molecule has 0 heterocycles. The van der Waals surface area contributed by atoms with Gasteiger partial charge in [0, 0.05) is 84.2 Å². The molecule has 0 unspecified atom stereocenters. The van der Waals surface area contributed by atoms with E-state index in [1.807, 2.05) is 12.4 Å². The van der Waals surface area contributed by atoms with E-state index in [9.17, 15) is 0 Å². The van der Waals surface area contributed by atoms with Crippen LogP contribution in [0, 0.1) is 27.7 Å². The summed E-state index contributed by atoms with van der Waals surface area (Å²) in [6.45, 7) is 28.9. The fourth-order valence-corrected chi connectivity index (χ4v) is 14.7. The van der Waals surface area contributed by atoms with Crippen LogP contribution in [0.2, 0.25) is 0 Å². The van der Waals surface area contributed by atoms with E-state index in [1.165, 1.54) is 123 Å². The molecule has 512 valence electrons. The monoisotopic (exact) mass is 1320 g/mol. The Hall–Kier alpha value is -10.4. The normalized spacial score (nSPS) is 13.7. The second kappa shape index (κ2) is 35.1. The molecule has 0 saturated heterocycles. The lowest BCUT2D eigenvalue weighted by molar-refractivity contribution is 0.872. The van der Waals surface area contributed by atoms with Crippen molar-refractivity contribution in [3.63, 3.8) is 0 Å². The summed E-state index contributed by atoms with van der Waals surface area (Å²) in [5.74, 6) is 1.71. The van der Waals surface area contributed by atoms with E-state index in [0.29, 0.717) is 0 Å². The van der Waals surface area contributed by atoms with E-state index in [-0.39, 0.29) is 54.8 Å². The van der Waals surface area contributed by atoms with Gasteiger partial charge in [0.2, 0.25) is 0 Å². The van der Waals surface area contributed by atoms with Gasteiger partial charge < -0.3 is 10.6 Å².